The summed E-state index contributed by atoms with van der Waals surface area (Å²) in [4.78, 5) is 34.9. The molecule has 3 amide bonds. The Morgan fingerprint density at radius 2 is 1.79 bits per heavy atom. The van der Waals surface area contributed by atoms with Gasteiger partial charge in [-0.15, -0.1) is 0 Å². The second-order valence-electron chi connectivity index (χ2n) is 8.97. The van der Waals surface area contributed by atoms with E-state index in [0.29, 0.717) is 24.6 Å². The predicted octanol–water partition coefficient (Wildman–Crippen LogP) is 3.12. The Balaban J connectivity index is 1.40. The summed E-state index contributed by atoms with van der Waals surface area (Å²) in [6.45, 7) is 6.33. The van der Waals surface area contributed by atoms with Gasteiger partial charge in [0.15, 0.2) is 0 Å². The highest BCUT2D eigenvalue weighted by Gasteiger charge is 2.42. The molecular weight excluding hydrogens is 390 g/mol. The van der Waals surface area contributed by atoms with Gasteiger partial charge in [-0.25, -0.2) is 4.79 Å². The van der Waals surface area contributed by atoms with Crippen LogP contribution in [0.3, 0.4) is 0 Å². The van der Waals surface area contributed by atoms with Crippen LogP contribution >= 0.6 is 11.8 Å². The molecule has 0 saturated carbocycles. The fourth-order valence-corrected chi connectivity index (χ4v) is 5.27. The first-order valence-corrected chi connectivity index (χ1v) is 12.0. The largest absolute Gasteiger partial charge is 0.460 e. The fraction of sp³-hybridized carbons (Fsp3) is 0.857. The molecule has 7 nitrogen and oxygen atoms in total. The summed E-state index contributed by atoms with van der Waals surface area (Å²) < 4.78 is 5.28. The monoisotopic (exact) mass is 427 g/mol. The molecule has 0 bridgehead atoms. The van der Waals surface area contributed by atoms with E-state index in [0.717, 1.165) is 50.7 Å². The Morgan fingerprint density at radius 3 is 2.55 bits per heavy atom. The molecule has 2 unspecified atom stereocenters. The van der Waals surface area contributed by atoms with Crippen LogP contribution in [0, 0.1) is 0 Å². The number of thioether (sulfide) groups is 1. The van der Waals surface area contributed by atoms with E-state index in [2.05, 4.69) is 16.0 Å². The summed E-state index contributed by atoms with van der Waals surface area (Å²) in [6.07, 6.45) is 7.71. The van der Waals surface area contributed by atoms with Crippen LogP contribution in [0.4, 0.5) is 4.79 Å². The number of rotatable bonds is 12. The third-order valence-corrected chi connectivity index (χ3v) is 6.64. The van der Waals surface area contributed by atoms with Crippen LogP contribution in [-0.2, 0) is 14.3 Å². The molecule has 0 aromatic rings. The zero-order valence-electron chi connectivity index (χ0n) is 18.1. The Labute approximate surface area is 178 Å². The molecule has 2 fully saturated rings. The second kappa shape index (κ2) is 11.7. The van der Waals surface area contributed by atoms with Crippen molar-refractivity contribution in [3.8, 4) is 0 Å². The molecule has 166 valence electrons. The van der Waals surface area contributed by atoms with Crippen molar-refractivity contribution in [2.75, 3.05) is 12.3 Å². The van der Waals surface area contributed by atoms with E-state index in [4.69, 9.17) is 4.74 Å². The minimum Gasteiger partial charge on any atom is -0.460 e. The van der Waals surface area contributed by atoms with E-state index in [1.165, 1.54) is 0 Å². The van der Waals surface area contributed by atoms with Crippen LogP contribution in [0.1, 0.15) is 78.6 Å². The fourth-order valence-electron chi connectivity index (χ4n) is 3.73. The van der Waals surface area contributed by atoms with E-state index >= 15 is 0 Å². The average Bonchev–Trinajstić information content (AvgIpc) is 3.15. The van der Waals surface area contributed by atoms with E-state index in [9.17, 15) is 14.4 Å². The minimum atomic E-state index is -0.413. The van der Waals surface area contributed by atoms with Gasteiger partial charge in [-0.05, 0) is 46.5 Å². The number of ether oxygens (including phenoxy) is 1. The Bertz CT molecular complexity index is 565. The first-order chi connectivity index (χ1) is 13.7. The van der Waals surface area contributed by atoms with Crippen molar-refractivity contribution in [1.29, 1.82) is 0 Å². The second-order valence-corrected chi connectivity index (χ2v) is 10.2. The number of fused-ring (bicyclic) bond motifs is 1. The molecule has 8 heteroatoms. The molecule has 2 aliphatic rings. The number of carbonyl (C=O) groups excluding carboxylic acids is 3. The quantitative estimate of drug-likeness (QED) is 0.253. The zero-order chi connectivity index (χ0) is 21.3. The van der Waals surface area contributed by atoms with Gasteiger partial charge < -0.3 is 20.7 Å². The Hall–Kier alpha value is -1.44. The first kappa shape index (κ1) is 23.8. The predicted molar refractivity (Wildman–Crippen MR) is 116 cm³/mol. The van der Waals surface area contributed by atoms with Crippen molar-refractivity contribution in [3.05, 3.63) is 0 Å². The van der Waals surface area contributed by atoms with Gasteiger partial charge in [0.1, 0.15) is 5.60 Å². The van der Waals surface area contributed by atoms with Crippen molar-refractivity contribution in [2.24, 2.45) is 0 Å². The van der Waals surface area contributed by atoms with Gasteiger partial charge in [0.25, 0.3) is 0 Å². The normalized spacial score (nSPS) is 23.3. The number of carbonyl (C=O) groups is 3. The number of urea groups is 1. The van der Waals surface area contributed by atoms with Crippen LogP contribution in [0.15, 0.2) is 0 Å². The number of amides is 3. The van der Waals surface area contributed by atoms with Crippen LogP contribution in [-0.4, -0.2) is 53.1 Å². The van der Waals surface area contributed by atoms with Gasteiger partial charge in [-0.3, -0.25) is 9.59 Å². The SMILES string of the molecule is CC(C)(C)OC(=O)CCCCCCNC(=O)CCCC[C@@H]1SCC2NC(=O)NC21. The summed E-state index contributed by atoms with van der Waals surface area (Å²) in [5.41, 5.74) is -0.413. The van der Waals surface area contributed by atoms with Gasteiger partial charge in [0, 0.05) is 30.4 Å². The topological polar surface area (TPSA) is 96.5 Å². The number of esters is 1. The smallest absolute Gasteiger partial charge is 0.315 e. The van der Waals surface area contributed by atoms with E-state index in [-0.39, 0.29) is 30.0 Å². The molecule has 2 rings (SSSR count). The first-order valence-electron chi connectivity index (χ1n) is 10.9. The van der Waals surface area contributed by atoms with Crippen LogP contribution in [0.5, 0.6) is 0 Å². The third kappa shape index (κ3) is 9.28. The lowest BCUT2D eigenvalue weighted by Gasteiger charge is -2.19. The molecular formula is C21H37N3O4S. The minimum absolute atomic E-state index is 0.0467. The van der Waals surface area contributed by atoms with Crippen LogP contribution < -0.4 is 16.0 Å². The standard InChI is InChI=1S/C21H37N3O4S/c1-21(2,3)28-18(26)12-6-4-5-9-13-22-17(25)11-8-7-10-16-19-15(14-29-16)23-20(27)24-19/h15-16,19H,4-14H2,1-3H3,(H,22,25)(H2,23,24,27)/t15?,16-,19?/m0/s1. The molecule has 29 heavy (non-hydrogen) atoms. The lowest BCUT2D eigenvalue weighted by atomic mass is 10.0. The summed E-state index contributed by atoms with van der Waals surface area (Å²) in [5, 5.41) is 9.40. The highest BCUT2D eigenvalue weighted by atomic mass is 32.2. The van der Waals surface area contributed by atoms with Crippen LogP contribution in [0.2, 0.25) is 0 Å². The molecule has 0 radical (unpaired) electrons. The summed E-state index contributed by atoms with van der Waals surface area (Å²) >= 11 is 1.92. The van der Waals surface area contributed by atoms with Crippen molar-refractivity contribution >= 4 is 29.7 Å². The average molecular weight is 428 g/mol. The Morgan fingerprint density at radius 1 is 1.07 bits per heavy atom. The maximum absolute atomic E-state index is 11.9. The van der Waals surface area contributed by atoms with E-state index in [1.807, 2.05) is 32.5 Å². The zero-order valence-corrected chi connectivity index (χ0v) is 18.9. The Kier molecular flexibility index (Phi) is 9.59. The highest BCUT2D eigenvalue weighted by molar-refractivity contribution is 8.00. The van der Waals surface area contributed by atoms with Gasteiger partial charge in [0.05, 0.1) is 12.1 Å². The summed E-state index contributed by atoms with van der Waals surface area (Å²) in [7, 11) is 0. The van der Waals surface area contributed by atoms with Crippen molar-refractivity contribution in [1.82, 2.24) is 16.0 Å². The van der Waals surface area contributed by atoms with Crippen molar-refractivity contribution in [2.45, 2.75) is 101 Å². The molecule has 0 aliphatic carbocycles. The lowest BCUT2D eigenvalue weighted by Crippen LogP contribution is -2.36. The molecule has 3 N–H and O–H groups in total. The van der Waals surface area contributed by atoms with Gasteiger partial charge in [0.2, 0.25) is 5.91 Å². The van der Waals surface area contributed by atoms with Gasteiger partial charge >= 0.3 is 12.0 Å². The molecule has 2 aliphatic heterocycles. The highest BCUT2D eigenvalue weighted by Crippen LogP contribution is 2.33. The molecule has 2 saturated heterocycles. The lowest BCUT2D eigenvalue weighted by molar-refractivity contribution is -0.154. The molecule has 0 aromatic carbocycles. The molecule has 0 spiro atoms. The van der Waals surface area contributed by atoms with Gasteiger partial charge in [-0.1, -0.05) is 19.3 Å². The number of hydrogen-bond acceptors (Lipinski definition) is 5. The molecule has 3 atom stereocenters. The van der Waals surface area contributed by atoms with E-state index in [1.54, 1.807) is 0 Å². The van der Waals surface area contributed by atoms with Crippen molar-refractivity contribution in [3.63, 3.8) is 0 Å². The number of hydrogen-bond donors (Lipinski definition) is 3. The van der Waals surface area contributed by atoms with Crippen LogP contribution in [0.25, 0.3) is 0 Å². The summed E-state index contributed by atoms with van der Waals surface area (Å²) in [6, 6.07) is 0.469. The van der Waals surface area contributed by atoms with E-state index < -0.39 is 5.60 Å². The third-order valence-electron chi connectivity index (χ3n) is 5.13. The number of nitrogens with one attached hydrogen (secondary N) is 3. The maximum atomic E-state index is 11.9. The molecule has 0 aromatic heterocycles. The van der Waals surface area contributed by atoms with Crippen molar-refractivity contribution < 1.29 is 19.1 Å². The van der Waals surface area contributed by atoms with Gasteiger partial charge in [-0.2, -0.15) is 11.8 Å². The maximum Gasteiger partial charge on any atom is 0.315 e. The molecule has 2 heterocycles. The number of unbranched alkanes of at least 4 members (excludes halogenated alkanes) is 4. The summed E-state index contributed by atoms with van der Waals surface area (Å²) in [5.74, 6) is 0.960.